The number of rotatable bonds is 5. The molecule has 124 valence electrons. The van der Waals surface area contributed by atoms with E-state index in [1.54, 1.807) is 30.7 Å². The number of amides is 1. The van der Waals surface area contributed by atoms with Gasteiger partial charge in [-0.1, -0.05) is 48.5 Å². The van der Waals surface area contributed by atoms with Gasteiger partial charge in [-0.3, -0.25) is 14.8 Å². The Morgan fingerprint density at radius 2 is 1.92 bits per heavy atom. The Balaban J connectivity index is 1.68. The summed E-state index contributed by atoms with van der Waals surface area (Å²) < 4.78 is 0. The molecular formula is C21H19N3O. The number of carbonyl (C=O) groups is 1. The van der Waals surface area contributed by atoms with Crippen LogP contribution in [0.25, 0.3) is 17.3 Å². The van der Waals surface area contributed by atoms with Crippen LogP contribution in [0.3, 0.4) is 0 Å². The highest BCUT2D eigenvalue weighted by atomic mass is 16.1. The van der Waals surface area contributed by atoms with Crippen molar-refractivity contribution in [2.24, 2.45) is 0 Å². The number of benzene rings is 2. The summed E-state index contributed by atoms with van der Waals surface area (Å²) in [4.78, 5) is 20.5. The predicted molar refractivity (Wildman–Crippen MR) is 99.5 cm³/mol. The Hall–Kier alpha value is -3.27. The van der Waals surface area contributed by atoms with E-state index in [0.29, 0.717) is 0 Å². The van der Waals surface area contributed by atoms with Gasteiger partial charge in [0.1, 0.15) is 0 Å². The molecule has 4 nitrogen and oxygen atoms in total. The number of hydrogen-bond acceptors (Lipinski definition) is 3. The fourth-order valence-electron chi connectivity index (χ4n) is 2.50. The Morgan fingerprint density at radius 1 is 1.08 bits per heavy atom. The van der Waals surface area contributed by atoms with E-state index in [-0.39, 0.29) is 11.9 Å². The average molecular weight is 329 g/mol. The van der Waals surface area contributed by atoms with E-state index in [1.807, 2.05) is 61.5 Å². The summed E-state index contributed by atoms with van der Waals surface area (Å²) in [7, 11) is 0. The van der Waals surface area contributed by atoms with Crippen LogP contribution in [0.2, 0.25) is 0 Å². The second-order valence-electron chi connectivity index (χ2n) is 5.69. The van der Waals surface area contributed by atoms with Crippen LogP contribution in [0.15, 0.2) is 79.3 Å². The minimum absolute atomic E-state index is 0.107. The van der Waals surface area contributed by atoms with Crippen molar-refractivity contribution in [3.63, 3.8) is 0 Å². The van der Waals surface area contributed by atoms with Gasteiger partial charge in [0, 0.05) is 24.0 Å². The molecule has 0 unspecified atom stereocenters. The number of hydrogen-bond donors (Lipinski definition) is 1. The molecule has 1 aromatic heterocycles. The van der Waals surface area contributed by atoms with Crippen molar-refractivity contribution >= 4 is 12.0 Å². The van der Waals surface area contributed by atoms with Gasteiger partial charge in [-0.2, -0.15) is 0 Å². The highest BCUT2D eigenvalue weighted by Crippen LogP contribution is 2.21. The van der Waals surface area contributed by atoms with Gasteiger partial charge in [0.15, 0.2) is 0 Å². The van der Waals surface area contributed by atoms with E-state index in [9.17, 15) is 4.79 Å². The van der Waals surface area contributed by atoms with Gasteiger partial charge in [0.25, 0.3) is 0 Å². The van der Waals surface area contributed by atoms with Crippen molar-refractivity contribution in [1.29, 1.82) is 0 Å². The van der Waals surface area contributed by atoms with Crippen LogP contribution in [0.5, 0.6) is 0 Å². The van der Waals surface area contributed by atoms with Gasteiger partial charge in [0.05, 0.1) is 17.9 Å². The fraction of sp³-hybridized carbons (Fsp3) is 0.0952. The van der Waals surface area contributed by atoms with Crippen LogP contribution in [0, 0.1) is 0 Å². The van der Waals surface area contributed by atoms with Gasteiger partial charge >= 0.3 is 0 Å². The SMILES string of the molecule is C[C@H](NC(=O)C=Cc1ccccc1)c1cccc(-c2cnccn2)c1. The van der Waals surface area contributed by atoms with Gasteiger partial charge in [-0.15, -0.1) is 0 Å². The number of aromatic nitrogens is 2. The zero-order valence-electron chi connectivity index (χ0n) is 14.0. The van der Waals surface area contributed by atoms with E-state index >= 15 is 0 Å². The smallest absolute Gasteiger partial charge is 0.244 e. The standard InChI is InChI=1S/C21H19N3O/c1-16(24-21(25)11-10-17-6-3-2-4-7-17)18-8-5-9-19(14-18)20-15-22-12-13-23-20/h2-16H,1H3,(H,24,25)/t16-/m0/s1. The van der Waals surface area contributed by atoms with Crippen molar-refractivity contribution in [2.45, 2.75) is 13.0 Å². The zero-order valence-corrected chi connectivity index (χ0v) is 14.0. The van der Waals surface area contributed by atoms with E-state index < -0.39 is 0 Å². The molecule has 0 fully saturated rings. The fourth-order valence-corrected chi connectivity index (χ4v) is 2.50. The summed E-state index contributed by atoms with van der Waals surface area (Å²) in [6.07, 6.45) is 8.40. The summed E-state index contributed by atoms with van der Waals surface area (Å²) in [5, 5.41) is 2.98. The van der Waals surface area contributed by atoms with Crippen LogP contribution in [0.4, 0.5) is 0 Å². The third-order valence-electron chi connectivity index (χ3n) is 3.83. The first-order chi connectivity index (χ1) is 12.2. The van der Waals surface area contributed by atoms with Crippen LogP contribution < -0.4 is 5.32 Å². The maximum absolute atomic E-state index is 12.1. The first-order valence-corrected chi connectivity index (χ1v) is 8.12. The molecule has 0 spiro atoms. The first kappa shape index (κ1) is 16.6. The third-order valence-corrected chi connectivity index (χ3v) is 3.83. The summed E-state index contributed by atoms with van der Waals surface area (Å²) in [5.41, 5.74) is 3.80. The number of nitrogens with zero attached hydrogens (tertiary/aromatic N) is 2. The van der Waals surface area contributed by atoms with E-state index in [0.717, 1.165) is 22.4 Å². The van der Waals surface area contributed by atoms with Crippen molar-refractivity contribution in [2.75, 3.05) is 0 Å². The lowest BCUT2D eigenvalue weighted by Gasteiger charge is -2.14. The van der Waals surface area contributed by atoms with Crippen molar-refractivity contribution in [1.82, 2.24) is 15.3 Å². The lowest BCUT2D eigenvalue weighted by Crippen LogP contribution is -2.24. The lowest BCUT2D eigenvalue weighted by atomic mass is 10.0. The van der Waals surface area contributed by atoms with Crippen molar-refractivity contribution in [3.8, 4) is 11.3 Å². The molecule has 0 aliphatic heterocycles. The number of nitrogens with one attached hydrogen (secondary N) is 1. The number of carbonyl (C=O) groups excluding carboxylic acids is 1. The highest BCUT2D eigenvalue weighted by Gasteiger charge is 2.09. The molecule has 0 saturated carbocycles. The molecule has 3 aromatic rings. The molecule has 1 amide bonds. The molecule has 2 aromatic carbocycles. The molecule has 0 radical (unpaired) electrons. The van der Waals surface area contributed by atoms with Gasteiger partial charge in [-0.25, -0.2) is 0 Å². The van der Waals surface area contributed by atoms with Crippen LogP contribution in [-0.2, 0) is 4.79 Å². The van der Waals surface area contributed by atoms with Gasteiger partial charge in [-0.05, 0) is 30.2 Å². The van der Waals surface area contributed by atoms with Crippen molar-refractivity contribution in [3.05, 3.63) is 90.4 Å². The molecule has 1 N–H and O–H groups in total. The molecule has 1 heterocycles. The minimum atomic E-state index is -0.124. The Labute approximate surface area is 147 Å². The topological polar surface area (TPSA) is 54.9 Å². The largest absolute Gasteiger partial charge is 0.346 e. The quantitative estimate of drug-likeness (QED) is 0.719. The van der Waals surface area contributed by atoms with Gasteiger partial charge in [0.2, 0.25) is 5.91 Å². The predicted octanol–water partition coefficient (Wildman–Crippen LogP) is 4.03. The maximum atomic E-state index is 12.1. The normalized spacial score (nSPS) is 12.0. The molecule has 4 heteroatoms. The average Bonchev–Trinajstić information content (AvgIpc) is 2.68. The molecule has 0 aliphatic rings. The van der Waals surface area contributed by atoms with Crippen LogP contribution >= 0.6 is 0 Å². The summed E-state index contributed by atoms with van der Waals surface area (Å²) in [6, 6.07) is 17.6. The summed E-state index contributed by atoms with van der Waals surface area (Å²) in [5.74, 6) is -0.124. The van der Waals surface area contributed by atoms with E-state index in [4.69, 9.17) is 0 Å². The minimum Gasteiger partial charge on any atom is -0.346 e. The molecule has 3 rings (SSSR count). The maximum Gasteiger partial charge on any atom is 0.244 e. The van der Waals surface area contributed by atoms with Gasteiger partial charge < -0.3 is 5.32 Å². The highest BCUT2D eigenvalue weighted by molar-refractivity contribution is 5.92. The summed E-state index contributed by atoms with van der Waals surface area (Å²) >= 11 is 0. The van der Waals surface area contributed by atoms with E-state index in [2.05, 4.69) is 15.3 Å². The van der Waals surface area contributed by atoms with Crippen molar-refractivity contribution < 1.29 is 4.79 Å². The van der Waals surface area contributed by atoms with E-state index in [1.165, 1.54) is 0 Å². The molecule has 1 atom stereocenters. The monoisotopic (exact) mass is 329 g/mol. The Kier molecular flexibility index (Phi) is 5.32. The second-order valence-corrected chi connectivity index (χ2v) is 5.69. The first-order valence-electron chi connectivity index (χ1n) is 8.12. The second kappa shape index (κ2) is 8.02. The van der Waals surface area contributed by atoms with Crippen LogP contribution in [-0.4, -0.2) is 15.9 Å². The Bertz CT molecular complexity index is 861. The third kappa shape index (κ3) is 4.61. The van der Waals surface area contributed by atoms with Crippen LogP contribution in [0.1, 0.15) is 24.1 Å². The molecule has 0 bridgehead atoms. The lowest BCUT2D eigenvalue weighted by molar-refractivity contribution is -0.117. The molecule has 0 saturated heterocycles. The zero-order chi connectivity index (χ0) is 17.5. The Morgan fingerprint density at radius 3 is 2.68 bits per heavy atom. The molecule has 0 aliphatic carbocycles. The molecular weight excluding hydrogens is 310 g/mol. The molecule has 25 heavy (non-hydrogen) atoms. The summed E-state index contributed by atoms with van der Waals surface area (Å²) in [6.45, 7) is 1.96.